The minimum atomic E-state index is -4.02. The van der Waals surface area contributed by atoms with Crippen molar-refractivity contribution < 1.29 is 17.9 Å². The summed E-state index contributed by atoms with van der Waals surface area (Å²) in [5.41, 5.74) is 0.116. The largest absolute Gasteiger partial charge is 0.391 e. The number of ether oxygens (including phenoxy) is 1. The fourth-order valence-electron chi connectivity index (χ4n) is 3.50. The molecule has 6 heteroatoms. The first-order valence-corrected chi connectivity index (χ1v) is 7.44. The fourth-order valence-corrected chi connectivity index (χ4v) is 3.50. The monoisotopic (exact) mass is 294 g/mol. The molecular weight excluding hydrogens is 269 g/mol. The van der Waals surface area contributed by atoms with Gasteiger partial charge in [-0.25, -0.2) is 0 Å². The van der Waals surface area contributed by atoms with E-state index in [1.54, 1.807) is 7.11 Å². The van der Waals surface area contributed by atoms with Crippen LogP contribution in [0.1, 0.15) is 25.7 Å². The molecule has 0 radical (unpaired) electrons. The van der Waals surface area contributed by atoms with Crippen molar-refractivity contribution in [3.8, 4) is 0 Å². The van der Waals surface area contributed by atoms with E-state index in [1.165, 1.54) is 0 Å². The van der Waals surface area contributed by atoms with Crippen LogP contribution in [0.3, 0.4) is 0 Å². The van der Waals surface area contributed by atoms with E-state index in [0.29, 0.717) is 19.7 Å². The fraction of sp³-hybridized carbons (Fsp3) is 1.00. The van der Waals surface area contributed by atoms with Crippen molar-refractivity contribution in [2.24, 2.45) is 11.3 Å². The minimum Gasteiger partial charge on any atom is -0.384 e. The highest BCUT2D eigenvalue weighted by atomic mass is 19.4. The zero-order valence-corrected chi connectivity index (χ0v) is 12.1. The normalized spacial score (nSPS) is 25.8. The Kier molecular flexibility index (Phi) is 5.31. The highest BCUT2D eigenvalue weighted by Crippen LogP contribution is 2.36. The van der Waals surface area contributed by atoms with Crippen molar-refractivity contribution in [3.63, 3.8) is 0 Å². The molecule has 0 spiro atoms. The summed E-state index contributed by atoms with van der Waals surface area (Å²) in [6.07, 6.45) is -1.46. The lowest BCUT2D eigenvalue weighted by Gasteiger charge is -2.43. The van der Waals surface area contributed by atoms with Crippen molar-refractivity contribution in [3.05, 3.63) is 0 Å². The quantitative estimate of drug-likeness (QED) is 0.861. The second-order valence-electron chi connectivity index (χ2n) is 6.28. The number of nitrogens with one attached hydrogen (secondary N) is 1. The molecule has 20 heavy (non-hydrogen) atoms. The maximum atomic E-state index is 12.7. The Morgan fingerprint density at radius 3 is 2.30 bits per heavy atom. The van der Waals surface area contributed by atoms with Gasteiger partial charge in [0, 0.05) is 19.1 Å². The van der Waals surface area contributed by atoms with Crippen LogP contribution in [0, 0.1) is 11.3 Å². The summed E-state index contributed by atoms with van der Waals surface area (Å²) in [6, 6.07) is 0. The van der Waals surface area contributed by atoms with Gasteiger partial charge in [0.1, 0.15) is 0 Å². The summed E-state index contributed by atoms with van der Waals surface area (Å²) in [6.45, 7) is 4.64. The first-order valence-electron chi connectivity index (χ1n) is 7.44. The Morgan fingerprint density at radius 1 is 1.20 bits per heavy atom. The summed E-state index contributed by atoms with van der Waals surface area (Å²) in [5.74, 6) is -1.11. The number of hydrogen-bond acceptors (Lipinski definition) is 3. The van der Waals surface area contributed by atoms with E-state index >= 15 is 0 Å². The van der Waals surface area contributed by atoms with E-state index in [2.05, 4.69) is 10.2 Å². The average Bonchev–Trinajstić information content (AvgIpc) is 2.39. The summed E-state index contributed by atoms with van der Waals surface area (Å²) in [5, 5.41) is 3.34. The molecule has 0 aliphatic carbocycles. The first kappa shape index (κ1) is 16.0. The molecule has 2 aliphatic heterocycles. The van der Waals surface area contributed by atoms with Crippen molar-refractivity contribution in [1.82, 2.24) is 10.2 Å². The van der Waals surface area contributed by atoms with Gasteiger partial charge in [-0.05, 0) is 51.9 Å². The maximum absolute atomic E-state index is 12.7. The molecule has 2 aliphatic rings. The average molecular weight is 294 g/mol. The van der Waals surface area contributed by atoms with Crippen LogP contribution in [-0.4, -0.2) is 57.5 Å². The standard InChI is InChI=1S/C14H25F3N2O/c1-20-11-13(4-6-18-7-5-13)10-19-8-2-12(3-9-19)14(15,16)17/h12,18H,2-11H2,1H3. The third-order valence-corrected chi connectivity index (χ3v) is 4.72. The molecule has 2 heterocycles. The Labute approximate surface area is 118 Å². The van der Waals surface area contributed by atoms with E-state index < -0.39 is 12.1 Å². The topological polar surface area (TPSA) is 24.5 Å². The van der Waals surface area contributed by atoms with Gasteiger partial charge in [-0.3, -0.25) is 0 Å². The number of alkyl halides is 3. The van der Waals surface area contributed by atoms with Crippen LogP contribution in [0.4, 0.5) is 13.2 Å². The first-order chi connectivity index (χ1) is 9.45. The number of methoxy groups -OCH3 is 1. The van der Waals surface area contributed by atoms with Crippen molar-refractivity contribution in [1.29, 1.82) is 0 Å². The zero-order valence-electron chi connectivity index (χ0n) is 12.1. The van der Waals surface area contributed by atoms with Gasteiger partial charge in [0.15, 0.2) is 0 Å². The lowest BCUT2D eigenvalue weighted by atomic mass is 9.78. The predicted molar refractivity (Wildman–Crippen MR) is 71.6 cm³/mol. The van der Waals surface area contributed by atoms with Crippen molar-refractivity contribution in [2.45, 2.75) is 31.9 Å². The molecule has 0 bridgehead atoms. The van der Waals surface area contributed by atoms with E-state index in [-0.39, 0.29) is 18.3 Å². The van der Waals surface area contributed by atoms with E-state index in [9.17, 15) is 13.2 Å². The van der Waals surface area contributed by atoms with Gasteiger partial charge < -0.3 is 15.0 Å². The second kappa shape index (κ2) is 6.62. The molecule has 3 nitrogen and oxygen atoms in total. The summed E-state index contributed by atoms with van der Waals surface area (Å²) in [4.78, 5) is 2.20. The zero-order chi connectivity index (χ0) is 14.6. The van der Waals surface area contributed by atoms with Gasteiger partial charge >= 0.3 is 6.18 Å². The van der Waals surface area contributed by atoms with E-state index in [4.69, 9.17) is 4.74 Å². The highest BCUT2D eigenvalue weighted by Gasteiger charge is 2.42. The summed E-state index contributed by atoms with van der Waals surface area (Å²) >= 11 is 0. The van der Waals surface area contributed by atoms with Gasteiger partial charge in [0.05, 0.1) is 12.5 Å². The molecule has 1 N–H and O–H groups in total. The number of piperidine rings is 2. The third kappa shape index (κ3) is 4.09. The number of halogens is 3. The lowest BCUT2D eigenvalue weighted by molar-refractivity contribution is -0.186. The lowest BCUT2D eigenvalue weighted by Crippen LogP contribution is -2.49. The molecule has 0 atom stereocenters. The van der Waals surface area contributed by atoms with Crippen LogP contribution in [0.5, 0.6) is 0 Å². The molecule has 2 rings (SSSR count). The molecule has 2 saturated heterocycles. The summed E-state index contributed by atoms with van der Waals surface area (Å²) < 4.78 is 43.4. The molecule has 0 aromatic heterocycles. The number of hydrogen-bond donors (Lipinski definition) is 1. The minimum absolute atomic E-state index is 0.116. The predicted octanol–water partition coefficient (Wildman–Crippen LogP) is 2.28. The van der Waals surface area contributed by atoms with Crippen molar-refractivity contribution >= 4 is 0 Å². The Morgan fingerprint density at radius 2 is 1.80 bits per heavy atom. The molecule has 0 saturated carbocycles. The van der Waals surface area contributed by atoms with Gasteiger partial charge in [-0.2, -0.15) is 13.2 Å². The molecule has 0 amide bonds. The smallest absolute Gasteiger partial charge is 0.384 e. The van der Waals surface area contributed by atoms with Gasteiger partial charge in [-0.1, -0.05) is 0 Å². The Balaban J connectivity index is 1.86. The number of rotatable bonds is 4. The summed E-state index contributed by atoms with van der Waals surface area (Å²) in [7, 11) is 1.71. The SMILES string of the molecule is COCC1(CN2CCC(C(F)(F)F)CC2)CCNCC1. The number of likely N-dealkylation sites (tertiary alicyclic amines) is 1. The maximum Gasteiger partial charge on any atom is 0.391 e. The highest BCUT2D eigenvalue weighted by molar-refractivity contribution is 4.89. The van der Waals surface area contributed by atoms with Crippen LogP contribution in [0.15, 0.2) is 0 Å². The molecule has 0 aromatic carbocycles. The molecule has 0 unspecified atom stereocenters. The van der Waals surface area contributed by atoms with Gasteiger partial charge in [0.25, 0.3) is 0 Å². The Hall–Kier alpha value is -0.330. The van der Waals surface area contributed by atoms with Gasteiger partial charge in [-0.15, -0.1) is 0 Å². The molecule has 0 aromatic rings. The molecule has 2 fully saturated rings. The van der Waals surface area contributed by atoms with Crippen LogP contribution in [0.2, 0.25) is 0 Å². The second-order valence-corrected chi connectivity index (χ2v) is 6.28. The molecule has 118 valence electrons. The van der Waals surface area contributed by atoms with Crippen LogP contribution < -0.4 is 5.32 Å². The van der Waals surface area contributed by atoms with Crippen LogP contribution in [0.25, 0.3) is 0 Å². The Bertz CT molecular complexity index is 290. The van der Waals surface area contributed by atoms with Gasteiger partial charge in [0.2, 0.25) is 0 Å². The van der Waals surface area contributed by atoms with E-state index in [0.717, 1.165) is 32.5 Å². The van der Waals surface area contributed by atoms with Crippen molar-refractivity contribution in [2.75, 3.05) is 46.4 Å². The van der Waals surface area contributed by atoms with Crippen LogP contribution in [-0.2, 0) is 4.74 Å². The van der Waals surface area contributed by atoms with E-state index in [1.807, 2.05) is 0 Å². The number of nitrogens with zero attached hydrogens (tertiary/aromatic N) is 1. The van der Waals surface area contributed by atoms with Crippen LogP contribution >= 0.6 is 0 Å². The molecular formula is C14H25F3N2O. The third-order valence-electron chi connectivity index (χ3n) is 4.72.